The highest BCUT2D eigenvalue weighted by atomic mass is 19.1. The molecule has 0 atom stereocenters. The number of nitrogens with one attached hydrogen (secondary N) is 2. The van der Waals surface area contributed by atoms with E-state index in [4.69, 9.17) is 4.74 Å². The van der Waals surface area contributed by atoms with Crippen molar-refractivity contribution in [1.82, 2.24) is 20.6 Å². The predicted octanol–water partition coefficient (Wildman–Crippen LogP) is 3.70. The summed E-state index contributed by atoms with van der Waals surface area (Å²) >= 11 is 0. The normalized spacial score (nSPS) is 18.1. The minimum Gasteiger partial charge on any atom is -0.478 e. The molecule has 1 saturated carbocycles. The lowest BCUT2D eigenvalue weighted by Crippen LogP contribution is -2.52. The van der Waals surface area contributed by atoms with Gasteiger partial charge < -0.3 is 15.4 Å². The molecular formula is C23H25FN4O2. The van der Waals surface area contributed by atoms with Gasteiger partial charge in [-0.05, 0) is 50.6 Å². The fourth-order valence-corrected chi connectivity index (χ4v) is 3.76. The lowest BCUT2D eigenvalue weighted by Gasteiger charge is -2.36. The van der Waals surface area contributed by atoms with Crippen molar-refractivity contribution in [1.29, 1.82) is 0 Å². The van der Waals surface area contributed by atoms with Gasteiger partial charge in [-0.25, -0.2) is 14.4 Å². The van der Waals surface area contributed by atoms with Gasteiger partial charge in [0.05, 0.1) is 23.4 Å². The molecule has 2 aromatic heterocycles. The third-order valence-corrected chi connectivity index (χ3v) is 5.31. The van der Waals surface area contributed by atoms with Crippen molar-refractivity contribution in [2.75, 3.05) is 13.2 Å². The molecule has 2 N–H and O–H groups in total. The molecule has 2 heterocycles. The standard InChI is InChI=1S/C23H25FN4O2/c1-3-25-16-10-17(11-16)27-23(29)19-12-20(14-5-8-22(26-13-14)30-4-2)28-21-9-15(24)6-7-18(19)21/h5-9,12-13,16-17,25H,3-4,10-11H2,1-2H3,(H,27,29). The summed E-state index contributed by atoms with van der Waals surface area (Å²) in [6.07, 6.45) is 3.47. The van der Waals surface area contributed by atoms with Crippen LogP contribution in [0.15, 0.2) is 42.6 Å². The van der Waals surface area contributed by atoms with Crippen molar-refractivity contribution in [3.05, 3.63) is 54.0 Å². The molecule has 0 unspecified atom stereocenters. The van der Waals surface area contributed by atoms with Gasteiger partial charge in [0.1, 0.15) is 5.82 Å². The third kappa shape index (κ3) is 4.26. The number of amides is 1. The van der Waals surface area contributed by atoms with Crippen LogP contribution in [-0.4, -0.2) is 41.1 Å². The Balaban J connectivity index is 1.65. The van der Waals surface area contributed by atoms with Gasteiger partial charge in [0, 0.05) is 41.4 Å². The Morgan fingerprint density at radius 1 is 1.17 bits per heavy atom. The van der Waals surface area contributed by atoms with E-state index in [9.17, 15) is 9.18 Å². The zero-order valence-electron chi connectivity index (χ0n) is 17.1. The van der Waals surface area contributed by atoms with Crippen LogP contribution < -0.4 is 15.4 Å². The van der Waals surface area contributed by atoms with Crippen LogP contribution in [0.25, 0.3) is 22.2 Å². The zero-order chi connectivity index (χ0) is 21.1. The molecule has 0 radical (unpaired) electrons. The molecule has 7 heteroatoms. The number of hydrogen-bond acceptors (Lipinski definition) is 5. The molecule has 1 aliphatic carbocycles. The quantitative estimate of drug-likeness (QED) is 0.623. The summed E-state index contributed by atoms with van der Waals surface area (Å²) in [6.45, 7) is 5.42. The first kappa shape index (κ1) is 20.2. The first-order valence-electron chi connectivity index (χ1n) is 10.3. The molecule has 156 valence electrons. The van der Waals surface area contributed by atoms with Gasteiger partial charge >= 0.3 is 0 Å². The third-order valence-electron chi connectivity index (χ3n) is 5.31. The molecule has 0 saturated heterocycles. The maximum absolute atomic E-state index is 13.9. The second kappa shape index (κ2) is 8.75. The van der Waals surface area contributed by atoms with Crippen molar-refractivity contribution in [3.8, 4) is 17.1 Å². The lowest BCUT2D eigenvalue weighted by molar-refractivity contribution is 0.0904. The predicted molar refractivity (Wildman–Crippen MR) is 114 cm³/mol. The zero-order valence-corrected chi connectivity index (χ0v) is 17.1. The number of carbonyl (C=O) groups excluding carboxylic acids is 1. The number of rotatable bonds is 7. The number of benzene rings is 1. The van der Waals surface area contributed by atoms with Crippen molar-refractivity contribution in [2.45, 2.75) is 38.8 Å². The maximum atomic E-state index is 13.9. The topological polar surface area (TPSA) is 76.1 Å². The molecular weight excluding hydrogens is 383 g/mol. The summed E-state index contributed by atoms with van der Waals surface area (Å²) in [4.78, 5) is 21.9. The summed E-state index contributed by atoms with van der Waals surface area (Å²) < 4.78 is 19.2. The maximum Gasteiger partial charge on any atom is 0.252 e. The summed E-state index contributed by atoms with van der Waals surface area (Å²) in [6, 6.07) is 10.2. The second-order valence-corrected chi connectivity index (χ2v) is 7.43. The number of halogens is 1. The average molecular weight is 408 g/mol. The van der Waals surface area contributed by atoms with Crippen LogP contribution in [0.4, 0.5) is 4.39 Å². The fraction of sp³-hybridized carbons (Fsp3) is 0.348. The van der Waals surface area contributed by atoms with Gasteiger partial charge in [0.15, 0.2) is 0 Å². The SMILES string of the molecule is CCNC1CC(NC(=O)c2cc(-c3ccc(OCC)nc3)nc3cc(F)ccc23)C1. The van der Waals surface area contributed by atoms with Gasteiger partial charge in [-0.1, -0.05) is 6.92 Å². The number of hydrogen-bond donors (Lipinski definition) is 2. The van der Waals surface area contributed by atoms with E-state index in [-0.39, 0.29) is 11.9 Å². The van der Waals surface area contributed by atoms with Gasteiger partial charge in [-0.3, -0.25) is 4.79 Å². The van der Waals surface area contributed by atoms with E-state index in [0.717, 1.165) is 24.9 Å². The number of ether oxygens (including phenoxy) is 1. The molecule has 30 heavy (non-hydrogen) atoms. The Hall–Kier alpha value is -3.06. The highest BCUT2D eigenvalue weighted by Crippen LogP contribution is 2.27. The van der Waals surface area contributed by atoms with Crippen LogP contribution in [0.3, 0.4) is 0 Å². The lowest BCUT2D eigenvalue weighted by atomic mass is 9.86. The van der Waals surface area contributed by atoms with E-state index >= 15 is 0 Å². The number of aromatic nitrogens is 2. The summed E-state index contributed by atoms with van der Waals surface area (Å²) in [5.41, 5.74) is 2.21. The molecule has 0 bridgehead atoms. The minimum absolute atomic E-state index is 0.140. The number of nitrogens with zero attached hydrogens (tertiary/aromatic N) is 2. The van der Waals surface area contributed by atoms with E-state index in [1.54, 1.807) is 24.4 Å². The van der Waals surface area contributed by atoms with E-state index in [1.165, 1.54) is 12.1 Å². The summed E-state index contributed by atoms with van der Waals surface area (Å²) in [7, 11) is 0. The van der Waals surface area contributed by atoms with Crippen LogP contribution in [0.2, 0.25) is 0 Å². The highest BCUT2D eigenvalue weighted by Gasteiger charge is 2.30. The Bertz CT molecular complexity index is 1050. The Morgan fingerprint density at radius 2 is 2.00 bits per heavy atom. The first-order valence-corrected chi connectivity index (χ1v) is 10.3. The summed E-state index contributed by atoms with van der Waals surface area (Å²) in [5, 5.41) is 7.11. The van der Waals surface area contributed by atoms with Crippen LogP contribution in [0.1, 0.15) is 37.0 Å². The Morgan fingerprint density at radius 3 is 2.70 bits per heavy atom. The molecule has 0 aliphatic heterocycles. The molecule has 1 aliphatic rings. The molecule has 1 amide bonds. The molecule has 4 rings (SSSR count). The van der Waals surface area contributed by atoms with E-state index < -0.39 is 5.82 Å². The first-order chi connectivity index (χ1) is 14.6. The number of fused-ring (bicyclic) bond motifs is 1. The van der Waals surface area contributed by atoms with E-state index in [2.05, 4.69) is 27.5 Å². The van der Waals surface area contributed by atoms with Crippen LogP contribution in [0.5, 0.6) is 5.88 Å². The van der Waals surface area contributed by atoms with E-state index in [0.29, 0.717) is 40.7 Å². The molecule has 3 aromatic rings. The van der Waals surface area contributed by atoms with Crippen LogP contribution in [-0.2, 0) is 0 Å². The smallest absolute Gasteiger partial charge is 0.252 e. The van der Waals surface area contributed by atoms with E-state index in [1.807, 2.05) is 13.0 Å². The van der Waals surface area contributed by atoms with Crippen molar-refractivity contribution in [2.24, 2.45) is 0 Å². The molecule has 6 nitrogen and oxygen atoms in total. The van der Waals surface area contributed by atoms with Gasteiger partial charge in [-0.15, -0.1) is 0 Å². The molecule has 1 aromatic carbocycles. The van der Waals surface area contributed by atoms with Crippen molar-refractivity contribution in [3.63, 3.8) is 0 Å². The van der Waals surface area contributed by atoms with Crippen LogP contribution >= 0.6 is 0 Å². The molecule has 0 spiro atoms. The summed E-state index contributed by atoms with van der Waals surface area (Å²) in [5.74, 6) is -0.0452. The van der Waals surface area contributed by atoms with Gasteiger partial charge in [-0.2, -0.15) is 0 Å². The molecule has 1 fully saturated rings. The monoisotopic (exact) mass is 408 g/mol. The van der Waals surface area contributed by atoms with Crippen LogP contribution in [0, 0.1) is 5.82 Å². The average Bonchev–Trinajstić information content (AvgIpc) is 2.72. The Labute approximate surface area is 174 Å². The largest absolute Gasteiger partial charge is 0.478 e. The Kier molecular flexibility index (Phi) is 5.90. The highest BCUT2D eigenvalue weighted by molar-refractivity contribution is 6.07. The minimum atomic E-state index is -0.393. The van der Waals surface area contributed by atoms with Crippen molar-refractivity contribution < 1.29 is 13.9 Å². The van der Waals surface area contributed by atoms with Gasteiger partial charge in [0.2, 0.25) is 5.88 Å². The number of pyridine rings is 2. The second-order valence-electron chi connectivity index (χ2n) is 7.43. The van der Waals surface area contributed by atoms with Gasteiger partial charge in [0.25, 0.3) is 5.91 Å². The fourth-order valence-electron chi connectivity index (χ4n) is 3.76. The van der Waals surface area contributed by atoms with Crippen molar-refractivity contribution >= 4 is 16.8 Å². The number of carbonyl (C=O) groups is 1.